The lowest BCUT2D eigenvalue weighted by Gasteiger charge is -2.27. The van der Waals surface area contributed by atoms with E-state index >= 15 is 0 Å². The first-order valence-corrected chi connectivity index (χ1v) is 23.8. The largest absolute Gasteiger partial charge is 0.369 e. The van der Waals surface area contributed by atoms with Crippen LogP contribution in [0.25, 0.3) is 0 Å². The van der Waals surface area contributed by atoms with Crippen molar-refractivity contribution in [3.63, 3.8) is 0 Å². The van der Waals surface area contributed by atoms with E-state index in [2.05, 4.69) is 21.3 Å². The number of carbonyl (C=O) groups excluding carboxylic acids is 7. The molecule has 0 bridgehead atoms. The first-order chi connectivity index (χ1) is 27.5. The highest BCUT2D eigenvalue weighted by molar-refractivity contribution is 14.1. The SMILES string of the molecule is CNC(=O)c1c(I)c(C(=O)NCC2COC(C)(C)O2)c(I)c(C(C(=O)ONC(=O)CC(N)=O)c2c(I)c(C(=O)NC)c(I)c(C(=O)NCC3COC(C)(C)O3)c2I)c1I. The first-order valence-electron chi connectivity index (χ1n) is 17.3. The van der Waals surface area contributed by atoms with E-state index in [-0.39, 0.29) is 81.1 Å². The number of nitrogens with two attached hydrogens (primary N) is 1. The predicted octanol–water partition coefficient (Wildman–Crippen LogP) is 3.38. The van der Waals surface area contributed by atoms with Crippen LogP contribution in [0.15, 0.2) is 0 Å². The molecule has 2 unspecified atom stereocenters. The van der Waals surface area contributed by atoms with Crippen LogP contribution in [0.5, 0.6) is 0 Å². The van der Waals surface area contributed by atoms with Gasteiger partial charge in [-0.05, 0) is 174 Å². The molecule has 0 saturated carbocycles. The van der Waals surface area contributed by atoms with Gasteiger partial charge in [0.1, 0.15) is 24.5 Å². The van der Waals surface area contributed by atoms with Gasteiger partial charge in [0.25, 0.3) is 29.5 Å². The summed E-state index contributed by atoms with van der Waals surface area (Å²) in [6.45, 7) is 7.49. The molecule has 0 aliphatic carbocycles. The fourth-order valence-corrected chi connectivity index (χ4v) is 15.5. The molecule has 2 aromatic carbocycles. The van der Waals surface area contributed by atoms with Crippen LogP contribution in [0.2, 0.25) is 0 Å². The summed E-state index contributed by atoms with van der Waals surface area (Å²) in [5.41, 5.74) is 7.41. The third kappa shape index (κ3) is 12.0. The fourth-order valence-electron chi connectivity index (χ4n) is 5.98. The molecule has 0 aromatic heterocycles. The number of ether oxygens (including phenoxy) is 4. The van der Waals surface area contributed by atoms with Crippen molar-refractivity contribution < 1.29 is 57.3 Å². The highest BCUT2D eigenvalue weighted by atomic mass is 127. The van der Waals surface area contributed by atoms with E-state index < -0.39 is 77.5 Å². The maximum absolute atomic E-state index is 14.7. The van der Waals surface area contributed by atoms with Crippen LogP contribution >= 0.6 is 136 Å². The number of hydroxylamine groups is 1. The molecule has 7 N–H and O–H groups in total. The predicted molar refractivity (Wildman–Crippen MR) is 260 cm³/mol. The second kappa shape index (κ2) is 21.1. The Labute approximate surface area is 420 Å². The summed E-state index contributed by atoms with van der Waals surface area (Å²) in [7, 11) is 2.81. The number of halogens is 6. The van der Waals surface area contributed by atoms with Crippen molar-refractivity contribution in [1.82, 2.24) is 26.7 Å². The Bertz CT molecular complexity index is 1980. The third-order valence-electron chi connectivity index (χ3n) is 8.59. The van der Waals surface area contributed by atoms with E-state index in [0.29, 0.717) is 0 Å². The van der Waals surface area contributed by atoms with Crippen molar-refractivity contribution in [3.8, 4) is 0 Å². The summed E-state index contributed by atoms with van der Waals surface area (Å²) < 4.78 is 24.3. The van der Waals surface area contributed by atoms with Gasteiger partial charge in [-0.15, -0.1) is 0 Å². The van der Waals surface area contributed by atoms with Gasteiger partial charge in [-0.25, -0.2) is 4.79 Å². The van der Waals surface area contributed by atoms with Crippen molar-refractivity contribution >= 4 is 177 Å². The smallest absolute Gasteiger partial charge is 0.344 e. The molecule has 2 aliphatic rings. The van der Waals surface area contributed by atoms with Crippen LogP contribution in [0.3, 0.4) is 0 Å². The maximum Gasteiger partial charge on any atom is 0.344 e. The summed E-state index contributed by atoms with van der Waals surface area (Å²) in [6, 6.07) is 0. The van der Waals surface area contributed by atoms with Gasteiger partial charge in [-0.2, -0.15) is 5.48 Å². The number of nitrogens with one attached hydrogen (secondary N) is 5. The Hall–Kier alpha value is -1.05. The van der Waals surface area contributed by atoms with Gasteiger partial charge in [0.2, 0.25) is 5.91 Å². The molecule has 6 amide bonds. The van der Waals surface area contributed by atoms with Crippen molar-refractivity contribution in [3.05, 3.63) is 54.8 Å². The summed E-state index contributed by atoms with van der Waals surface area (Å²) in [5, 5.41) is 10.9. The molecule has 0 spiro atoms. The van der Waals surface area contributed by atoms with Gasteiger partial charge in [0.15, 0.2) is 11.6 Å². The lowest BCUT2D eigenvalue weighted by Crippen LogP contribution is -2.38. The zero-order valence-corrected chi connectivity index (χ0v) is 45.0. The van der Waals surface area contributed by atoms with Gasteiger partial charge in [-0.1, -0.05) is 0 Å². The standard InChI is InChI=1S/C35H38I6N6O12/c1-34(2)55-10-12(57-34)8-45-31(52)21-25(38)17(23(36)19(27(21)40)29(50)43-5)16(33(54)59-47-15(49)7-14(42)48)18-24(37)20(30(51)44-6)28(41)22(26(18)39)32(53)46-9-13-11-56-35(3,4)58-13/h12-13,16H,7-11H2,1-6H3,(H2,42,48)(H,43,50)(H,44,51)(H,45,52)(H,46,53)(H,47,49). The maximum atomic E-state index is 14.7. The molecule has 2 aliphatic heterocycles. The van der Waals surface area contributed by atoms with Crippen LogP contribution in [-0.2, 0) is 38.2 Å². The minimum Gasteiger partial charge on any atom is -0.369 e. The molecular formula is C35H38I6N6O12. The molecule has 2 heterocycles. The second-order valence-electron chi connectivity index (χ2n) is 13.7. The fraction of sp³-hybridized carbons (Fsp3) is 0.457. The lowest BCUT2D eigenvalue weighted by atomic mass is 9.86. The van der Waals surface area contributed by atoms with E-state index in [0.717, 1.165) is 0 Å². The number of carbonyl (C=O) groups is 7. The number of hydrogen-bond acceptors (Lipinski definition) is 12. The molecule has 4 rings (SSSR count). The minimum atomic E-state index is -1.64. The molecular weight excluding hydrogens is 1460 g/mol. The second-order valence-corrected chi connectivity index (χ2v) is 20.2. The van der Waals surface area contributed by atoms with Gasteiger partial charge in [-0.3, -0.25) is 28.8 Å². The zero-order chi connectivity index (χ0) is 44.3. The third-order valence-corrected chi connectivity index (χ3v) is 15.2. The topological polar surface area (TPSA) is 252 Å². The summed E-state index contributed by atoms with van der Waals surface area (Å²) >= 11 is 11.4. The molecule has 18 nitrogen and oxygen atoms in total. The van der Waals surface area contributed by atoms with E-state index in [1.807, 2.05) is 141 Å². The van der Waals surface area contributed by atoms with Gasteiger partial charge >= 0.3 is 5.97 Å². The molecule has 2 atom stereocenters. The van der Waals surface area contributed by atoms with E-state index in [1.54, 1.807) is 27.7 Å². The summed E-state index contributed by atoms with van der Waals surface area (Å²) in [5.74, 6) is -8.97. The van der Waals surface area contributed by atoms with Crippen molar-refractivity contribution in [1.29, 1.82) is 0 Å². The number of hydrogen-bond donors (Lipinski definition) is 6. The Kier molecular flexibility index (Phi) is 18.1. The van der Waals surface area contributed by atoms with Crippen LogP contribution in [0.1, 0.15) is 92.6 Å². The van der Waals surface area contributed by atoms with Crippen LogP contribution < -0.4 is 32.5 Å². The number of primary amides is 1. The molecule has 2 fully saturated rings. The van der Waals surface area contributed by atoms with Crippen LogP contribution in [0, 0.1) is 21.4 Å². The Balaban J connectivity index is 2.02. The van der Waals surface area contributed by atoms with Crippen molar-refractivity contribution in [2.75, 3.05) is 40.4 Å². The number of rotatable bonds is 13. The van der Waals surface area contributed by atoms with Gasteiger partial charge in [0.05, 0.1) is 35.5 Å². The molecule has 2 saturated heterocycles. The van der Waals surface area contributed by atoms with Crippen LogP contribution in [-0.4, -0.2) is 106 Å². The molecule has 322 valence electrons. The summed E-state index contributed by atoms with van der Waals surface area (Å²) in [4.78, 5) is 99.8. The molecule has 24 heteroatoms. The first kappa shape index (κ1) is 50.6. The quantitative estimate of drug-likeness (QED) is 0.0960. The lowest BCUT2D eigenvalue weighted by molar-refractivity contribution is -0.159. The van der Waals surface area contributed by atoms with E-state index in [4.69, 9.17) is 29.5 Å². The highest BCUT2D eigenvalue weighted by Crippen LogP contribution is 2.44. The van der Waals surface area contributed by atoms with E-state index in [1.165, 1.54) is 14.1 Å². The number of amides is 6. The molecule has 59 heavy (non-hydrogen) atoms. The Morgan fingerprint density at radius 3 is 1.31 bits per heavy atom. The monoisotopic (exact) mass is 1500 g/mol. The zero-order valence-electron chi connectivity index (χ0n) is 32.0. The van der Waals surface area contributed by atoms with Crippen LogP contribution in [0.4, 0.5) is 0 Å². The molecule has 0 radical (unpaired) electrons. The van der Waals surface area contributed by atoms with E-state index in [9.17, 15) is 33.6 Å². The van der Waals surface area contributed by atoms with Crippen molar-refractivity contribution in [2.24, 2.45) is 5.73 Å². The van der Waals surface area contributed by atoms with Crippen molar-refractivity contribution in [2.45, 2.75) is 63.8 Å². The van der Waals surface area contributed by atoms with Gasteiger partial charge in [0, 0.05) is 48.6 Å². The summed E-state index contributed by atoms with van der Waals surface area (Å²) in [6.07, 6.45) is -1.79. The Morgan fingerprint density at radius 2 is 1.00 bits per heavy atom. The average molecular weight is 1500 g/mol. The minimum absolute atomic E-state index is 0.0238. The van der Waals surface area contributed by atoms with Gasteiger partial charge < -0.3 is 50.8 Å². The Morgan fingerprint density at radius 1 is 0.644 bits per heavy atom. The molecule has 2 aromatic rings. The average Bonchev–Trinajstić information content (AvgIpc) is 3.69. The normalized spacial score (nSPS) is 18.4. The number of benzene rings is 2. The highest BCUT2D eigenvalue weighted by Gasteiger charge is 2.42.